The molecular formula is C18H27NO2. The molecule has 1 fully saturated rings. The zero-order valence-corrected chi connectivity index (χ0v) is 13.2. The van der Waals surface area contributed by atoms with Gasteiger partial charge < -0.3 is 14.8 Å². The predicted molar refractivity (Wildman–Crippen MR) is 88.0 cm³/mol. The quantitative estimate of drug-likeness (QED) is 0.737. The third-order valence-electron chi connectivity index (χ3n) is 3.99. The summed E-state index contributed by atoms with van der Waals surface area (Å²) >= 11 is 0. The molecular weight excluding hydrogens is 262 g/mol. The highest BCUT2D eigenvalue weighted by molar-refractivity contribution is 5.55. The van der Waals surface area contributed by atoms with E-state index in [1.807, 2.05) is 31.2 Å². The topological polar surface area (TPSA) is 30.5 Å². The lowest BCUT2D eigenvalue weighted by atomic mass is 10.1. The molecule has 0 atom stereocenters. The van der Waals surface area contributed by atoms with Gasteiger partial charge in [0.1, 0.15) is 6.61 Å². The Bertz CT molecular complexity index is 451. The lowest BCUT2D eigenvalue weighted by Gasteiger charge is -2.13. The summed E-state index contributed by atoms with van der Waals surface area (Å²) in [5.41, 5.74) is 1.13. The Kier molecular flexibility index (Phi) is 6.61. The second-order valence-electron chi connectivity index (χ2n) is 5.61. The van der Waals surface area contributed by atoms with Gasteiger partial charge in [0.05, 0.1) is 7.11 Å². The van der Waals surface area contributed by atoms with Gasteiger partial charge in [-0.1, -0.05) is 31.1 Å². The van der Waals surface area contributed by atoms with Gasteiger partial charge >= 0.3 is 0 Å². The number of nitrogens with one attached hydrogen (secondary N) is 1. The third-order valence-corrected chi connectivity index (χ3v) is 3.99. The molecule has 0 heterocycles. The Morgan fingerprint density at radius 2 is 2.05 bits per heavy atom. The molecule has 1 aromatic rings. The van der Waals surface area contributed by atoms with E-state index in [-0.39, 0.29) is 0 Å². The molecule has 1 saturated carbocycles. The lowest BCUT2D eigenvalue weighted by Crippen LogP contribution is -2.26. The van der Waals surface area contributed by atoms with Crippen molar-refractivity contribution in [2.75, 3.05) is 26.8 Å². The maximum atomic E-state index is 5.81. The smallest absolute Gasteiger partial charge is 0.161 e. The number of rotatable bonds is 8. The minimum Gasteiger partial charge on any atom is -0.493 e. The van der Waals surface area contributed by atoms with Gasteiger partial charge in [-0.25, -0.2) is 0 Å². The van der Waals surface area contributed by atoms with Crippen molar-refractivity contribution in [2.24, 2.45) is 5.92 Å². The van der Waals surface area contributed by atoms with E-state index in [2.05, 4.69) is 11.4 Å². The molecule has 2 rings (SSSR count). The first-order valence-electron chi connectivity index (χ1n) is 7.97. The summed E-state index contributed by atoms with van der Waals surface area (Å²) in [5, 5.41) is 3.49. The second kappa shape index (κ2) is 8.73. The summed E-state index contributed by atoms with van der Waals surface area (Å²) in [4.78, 5) is 0. The molecule has 0 spiro atoms. The first-order chi connectivity index (χ1) is 10.3. The Balaban J connectivity index is 1.74. The van der Waals surface area contributed by atoms with Crippen LogP contribution in [0.25, 0.3) is 6.08 Å². The number of hydrogen-bond donors (Lipinski definition) is 1. The molecule has 0 aromatic heterocycles. The highest BCUT2D eigenvalue weighted by Gasteiger charge is 2.13. The Labute approximate surface area is 128 Å². The summed E-state index contributed by atoms with van der Waals surface area (Å²) in [5.74, 6) is 2.48. The normalized spacial score (nSPS) is 15.7. The number of methoxy groups -OCH3 is 1. The van der Waals surface area contributed by atoms with Crippen LogP contribution < -0.4 is 14.8 Å². The summed E-state index contributed by atoms with van der Waals surface area (Å²) in [6.07, 6.45) is 9.64. The van der Waals surface area contributed by atoms with Crippen LogP contribution in [0.1, 0.15) is 38.2 Å². The molecule has 1 aromatic carbocycles. The van der Waals surface area contributed by atoms with Crippen LogP contribution in [0.2, 0.25) is 0 Å². The van der Waals surface area contributed by atoms with Crippen LogP contribution in [-0.4, -0.2) is 26.8 Å². The van der Waals surface area contributed by atoms with Gasteiger partial charge in [-0.15, -0.1) is 0 Å². The van der Waals surface area contributed by atoms with E-state index >= 15 is 0 Å². The van der Waals surface area contributed by atoms with Crippen LogP contribution in [0.4, 0.5) is 0 Å². The average molecular weight is 289 g/mol. The molecule has 116 valence electrons. The fourth-order valence-electron chi connectivity index (χ4n) is 2.85. The van der Waals surface area contributed by atoms with E-state index in [0.717, 1.165) is 36.1 Å². The van der Waals surface area contributed by atoms with Gasteiger partial charge in [-0.05, 0) is 49.9 Å². The molecule has 0 unspecified atom stereocenters. The fourth-order valence-corrected chi connectivity index (χ4v) is 2.85. The maximum Gasteiger partial charge on any atom is 0.161 e. The van der Waals surface area contributed by atoms with Crippen LogP contribution in [0, 0.1) is 5.92 Å². The number of ether oxygens (including phenoxy) is 2. The van der Waals surface area contributed by atoms with Crippen molar-refractivity contribution in [2.45, 2.75) is 32.6 Å². The van der Waals surface area contributed by atoms with Crippen molar-refractivity contribution in [3.63, 3.8) is 0 Å². The van der Waals surface area contributed by atoms with Crippen LogP contribution >= 0.6 is 0 Å². The van der Waals surface area contributed by atoms with E-state index < -0.39 is 0 Å². The van der Waals surface area contributed by atoms with Crippen molar-refractivity contribution >= 4 is 6.08 Å². The fraction of sp³-hybridized carbons (Fsp3) is 0.556. The number of allylic oxidation sites excluding steroid dienone is 1. The molecule has 0 bridgehead atoms. The minimum atomic E-state index is 0.673. The SMILES string of the molecule is CC=Cc1ccc(OCCNCC2CCCC2)c(OC)c1. The van der Waals surface area contributed by atoms with Crippen LogP contribution in [0.5, 0.6) is 11.5 Å². The largest absolute Gasteiger partial charge is 0.493 e. The van der Waals surface area contributed by atoms with E-state index in [4.69, 9.17) is 9.47 Å². The third kappa shape index (κ3) is 5.09. The first kappa shape index (κ1) is 15.9. The molecule has 0 saturated heterocycles. The van der Waals surface area contributed by atoms with Crippen molar-refractivity contribution in [1.82, 2.24) is 5.32 Å². The lowest BCUT2D eigenvalue weighted by molar-refractivity contribution is 0.289. The van der Waals surface area contributed by atoms with Crippen LogP contribution in [0.3, 0.4) is 0 Å². The summed E-state index contributed by atoms with van der Waals surface area (Å²) in [7, 11) is 1.68. The summed E-state index contributed by atoms with van der Waals surface area (Å²) < 4.78 is 11.2. The molecule has 1 aliphatic rings. The standard InChI is InChI=1S/C18H27NO2/c1-3-6-15-9-10-17(18(13-15)20-2)21-12-11-19-14-16-7-4-5-8-16/h3,6,9-10,13,16,19H,4-5,7-8,11-12,14H2,1-2H3. The van der Waals surface area contributed by atoms with Crippen LogP contribution in [0.15, 0.2) is 24.3 Å². The van der Waals surface area contributed by atoms with Gasteiger partial charge in [0.15, 0.2) is 11.5 Å². The van der Waals surface area contributed by atoms with Crippen LogP contribution in [-0.2, 0) is 0 Å². The first-order valence-corrected chi connectivity index (χ1v) is 7.97. The van der Waals surface area contributed by atoms with Crippen molar-refractivity contribution in [3.8, 4) is 11.5 Å². The van der Waals surface area contributed by atoms with Crippen molar-refractivity contribution < 1.29 is 9.47 Å². The Hall–Kier alpha value is -1.48. The molecule has 1 N–H and O–H groups in total. The van der Waals surface area contributed by atoms with E-state index in [1.165, 1.54) is 25.7 Å². The van der Waals surface area contributed by atoms with E-state index in [9.17, 15) is 0 Å². The van der Waals surface area contributed by atoms with Gasteiger partial charge in [-0.2, -0.15) is 0 Å². The molecule has 1 aliphatic carbocycles. The summed E-state index contributed by atoms with van der Waals surface area (Å²) in [6.45, 7) is 4.69. The predicted octanol–water partition coefficient (Wildman–Crippen LogP) is 3.89. The molecule has 0 amide bonds. The van der Waals surface area contributed by atoms with Gasteiger partial charge in [0.2, 0.25) is 0 Å². The van der Waals surface area contributed by atoms with Gasteiger partial charge in [0, 0.05) is 6.54 Å². The second-order valence-corrected chi connectivity index (χ2v) is 5.61. The summed E-state index contributed by atoms with van der Waals surface area (Å²) in [6, 6.07) is 6.02. The van der Waals surface area contributed by atoms with Gasteiger partial charge in [0.25, 0.3) is 0 Å². The highest BCUT2D eigenvalue weighted by Crippen LogP contribution is 2.28. The average Bonchev–Trinajstić information content (AvgIpc) is 3.01. The zero-order valence-electron chi connectivity index (χ0n) is 13.2. The maximum absolute atomic E-state index is 5.81. The molecule has 3 nitrogen and oxygen atoms in total. The minimum absolute atomic E-state index is 0.673. The van der Waals surface area contributed by atoms with Crippen molar-refractivity contribution in [1.29, 1.82) is 0 Å². The highest BCUT2D eigenvalue weighted by atomic mass is 16.5. The number of hydrogen-bond acceptors (Lipinski definition) is 3. The van der Waals surface area contributed by atoms with E-state index in [1.54, 1.807) is 7.11 Å². The Morgan fingerprint density at radius 3 is 2.76 bits per heavy atom. The van der Waals surface area contributed by atoms with Crippen molar-refractivity contribution in [3.05, 3.63) is 29.8 Å². The van der Waals surface area contributed by atoms with Gasteiger partial charge in [-0.3, -0.25) is 0 Å². The zero-order chi connectivity index (χ0) is 14.9. The monoisotopic (exact) mass is 289 g/mol. The van der Waals surface area contributed by atoms with E-state index in [0.29, 0.717) is 6.61 Å². The number of benzene rings is 1. The Morgan fingerprint density at radius 1 is 1.24 bits per heavy atom. The molecule has 0 radical (unpaired) electrons. The molecule has 21 heavy (non-hydrogen) atoms. The molecule has 0 aliphatic heterocycles. The molecule has 3 heteroatoms.